The van der Waals surface area contributed by atoms with Gasteiger partial charge in [-0.3, -0.25) is 0 Å². The molecule has 0 unspecified atom stereocenters. The van der Waals surface area contributed by atoms with E-state index in [1.54, 1.807) is 10.9 Å². The largest absolute Gasteiger partial charge is 0.352 e. The fraction of sp³-hybridized carbons (Fsp3) is 0.444. The number of fused-ring (bicyclic) bond motifs is 1. The summed E-state index contributed by atoms with van der Waals surface area (Å²) in [5.74, 6) is 1.67. The van der Waals surface area contributed by atoms with Crippen LogP contribution in [0.1, 0.15) is 23.4 Å². The average Bonchev–Trinajstić information content (AvgIpc) is 3.38. The number of anilines is 2. The van der Waals surface area contributed by atoms with Crippen molar-refractivity contribution in [1.29, 1.82) is 0 Å². The molecule has 0 amide bonds. The molecule has 0 radical (unpaired) electrons. The summed E-state index contributed by atoms with van der Waals surface area (Å²) in [6.07, 6.45) is 8.59. The van der Waals surface area contributed by atoms with Gasteiger partial charge in [-0.05, 0) is 43.9 Å². The Bertz CT molecular complexity index is 840. The lowest BCUT2D eigenvalue weighted by molar-refractivity contribution is 0.638. The second-order valence-corrected chi connectivity index (χ2v) is 7.81. The molecule has 2 aliphatic rings. The molecule has 4 heterocycles. The Balaban J connectivity index is 1.25. The molecule has 0 saturated carbocycles. The number of aryl methyl sites for hydroxylation is 2. The van der Waals surface area contributed by atoms with Crippen LogP contribution in [0.4, 0.5) is 10.9 Å². The molecule has 8 heteroatoms. The minimum atomic E-state index is 0.741. The first-order valence-corrected chi connectivity index (χ1v) is 10.0. The molecule has 134 valence electrons. The van der Waals surface area contributed by atoms with Crippen LogP contribution in [0, 0.1) is 0 Å². The number of rotatable bonds is 3. The van der Waals surface area contributed by atoms with Crippen molar-refractivity contribution in [3.8, 4) is 5.82 Å². The highest BCUT2D eigenvalue weighted by Crippen LogP contribution is 2.32. The van der Waals surface area contributed by atoms with Crippen molar-refractivity contribution >= 4 is 22.3 Å². The number of aromatic nitrogens is 5. The summed E-state index contributed by atoms with van der Waals surface area (Å²) in [6, 6.07) is 5.88. The third-order valence-electron chi connectivity index (χ3n) is 5.08. The summed E-state index contributed by atoms with van der Waals surface area (Å²) in [7, 11) is 0. The molecule has 3 aromatic heterocycles. The minimum Gasteiger partial charge on any atom is -0.352 e. The van der Waals surface area contributed by atoms with Crippen molar-refractivity contribution in [3.63, 3.8) is 0 Å². The molecule has 1 aliphatic heterocycles. The smallest absolute Gasteiger partial charge is 0.185 e. The molecule has 3 aromatic rings. The number of nitrogens with zero attached hydrogens (tertiary/aromatic N) is 7. The zero-order valence-corrected chi connectivity index (χ0v) is 15.4. The van der Waals surface area contributed by atoms with Crippen LogP contribution in [-0.4, -0.2) is 51.1 Å². The Morgan fingerprint density at radius 1 is 0.885 bits per heavy atom. The number of thiazole rings is 1. The first-order chi connectivity index (χ1) is 12.9. The lowest BCUT2D eigenvalue weighted by atomic mass is 10.0. The van der Waals surface area contributed by atoms with Crippen LogP contribution in [0.2, 0.25) is 0 Å². The summed E-state index contributed by atoms with van der Waals surface area (Å²) in [6.45, 7) is 3.85. The fourth-order valence-corrected chi connectivity index (χ4v) is 4.81. The van der Waals surface area contributed by atoms with Crippen molar-refractivity contribution in [2.24, 2.45) is 0 Å². The molecule has 1 saturated heterocycles. The van der Waals surface area contributed by atoms with Gasteiger partial charge < -0.3 is 9.80 Å². The summed E-state index contributed by atoms with van der Waals surface area (Å²) >= 11 is 1.90. The van der Waals surface area contributed by atoms with E-state index in [4.69, 9.17) is 4.98 Å². The second kappa shape index (κ2) is 6.68. The van der Waals surface area contributed by atoms with Gasteiger partial charge in [0.1, 0.15) is 0 Å². The van der Waals surface area contributed by atoms with E-state index in [0.717, 1.165) is 44.2 Å². The number of hydrogen-bond donors (Lipinski definition) is 0. The van der Waals surface area contributed by atoms with Crippen LogP contribution in [0.25, 0.3) is 5.82 Å². The third-order valence-corrected chi connectivity index (χ3v) is 6.30. The van der Waals surface area contributed by atoms with E-state index in [2.05, 4.69) is 25.1 Å². The molecule has 5 rings (SSSR count). The molecule has 0 aromatic carbocycles. The Hall–Kier alpha value is -2.48. The predicted octanol–water partition coefficient (Wildman–Crippen LogP) is 2.32. The van der Waals surface area contributed by atoms with Crippen LogP contribution in [0.15, 0.2) is 30.6 Å². The quantitative estimate of drug-likeness (QED) is 0.708. The maximum Gasteiger partial charge on any atom is 0.185 e. The molecule has 0 bridgehead atoms. The predicted molar refractivity (Wildman–Crippen MR) is 102 cm³/mol. The maximum absolute atomic E-state index is 4.90. The first-order valence-electron chi connectivity index (χ1n) is 9.19. The van der Waals surface area contributed by atoms with Crippen molar-refractivity contribution in [1.82, 2.24) is 25.0 Å². The van der Waals surface area contributed by atoms with Crippen LogP contribution in [-0.2, 0) is 12.8 Å². The molecule has 1 aliphatic carbocycles. The van der Waals surface area contributed by atoms with Crippen molar-refractivity contribution < 1.29 is 0 Å². The van der Waals surface area contributed by atoms with Gasteiger partial charge in [-0.25, -0.2) is 9.67 Å². The zero-order valence-electron chi connectivity index (χ0n) is 14.6. The Labute approximate surface area is 156 Å². The lowest BCUT2D eigenvalue weighted by Crippen LogP contribution is -2.46. The summed E-state index contributed by atoms with van der Waals surface area (Å²) in [4.78, 5) is 11.1. The molecule has 0 N–H and O–H groups in total. The van der Waals surface area contributed by atoms with Gasteiger partial charge in [0.05, 0.1) is 5.69 Å². The molecular weight excluding hydrogens is 346 g/mol. The molecule has 0 atom stereocenters. The van der Waals surface area contributed by atoms with E-state index in [-0.39, 0.29) is 0 Å². The van der Waals surface area contributed by atoms with E-state index in [1.165, 1.54) is 35.0 Å². The minimum absolute atomic E-state index is 0.741. The van der Waals surface area contributed by atoms with Gasteiger partial charge in [-0.2, -0.15) is 5.10 Å². The van der Waals surface area contributed by atoms with Crippen LogP contribution < -0.4 is 9.80 Å². The Morgan fingerprint density at radius 3 is 2.38 bits per heavy atom. The highest BCUT2D eigenvalue weighted by Gasteiger charge is 2.23. The normalized spacial score (nSPS) is 17.4. The third kappa shape index (κ3) is 2.94. The lowest BCUT2D eigenvalue weighted by Gasteiger charge is -2.35. The SMILES string of the molecule is c1cnn(-c2ccc(N3CCN(c4nc5c(s4)CCCC5)CC3)nn2)c1. The maximum atomic E-state index is 4.90. The van der Waals surface area contributed by atoms with Gasteiger partial charge in [0.25, 0.3) is 0 Å². The highest BCUT2D eigenvalue weighted by atomic mass is 32.1. The number of piperazine rings is 1. The molecular formula is C18H21N7S. The van der Waals surface area contributed by atoms with Crippen molar-refractivity contribution in [2.75, 3.05) is 36.0 Å². The van der Waals surface area contributed by atoms with E-state index < -0.39 is 0 Å². The topological polar surface area (TPSA) is 63.0 Å². The Kier molecular flexibility index (Phi) is 4.05. The Morgan fingerprint density at radius 2 is 1.65 bits per heavy atom. The average molecular weight is 367 g/mol. The van der Waals surface area contributed by atoms with Crippen LogP contribution in [0.3, 0.4) is 0 Å². The van der Waals surface area contributed by atoms with Crippen LogP contribution >= 0.6 is 11.3 Å². The van der Waals surface area contributed by atoms with E-state index >= 15 is 0 Å². The monoisotopic (exact) mass is 367 g/mol. The molecule has 0 spiro atoms. The highest BCUT2D eigenvalue weighted by molar-refractivity contribution is 7.15. The van der Waals surface area contributed by atoms with Gasteiger partial charge >= 0.3 is 0 Å². The van der Waals surface area contributed by atoms with E-state index in [1.807, 2.05) is 35.7 Å². The van der Waals surface area contributed by atoms with Crippen molar-refractivity contribution in [2.45, 2.75) is 25.7 Å². The van der Waals surface area contributed by atoms with Gasteiger partial charge in [0.15, 0.2) is 16.8 Å². The van der Waals surface area contributed by atoms with E-state index in [0.29, 0.717) is 0 Å². The summed E-state index contributed by atoms with van der Waals surface area (Å²) < 4.78 is 1.72. The van der Waals surface area contributed by atoms with Gasteiger partial charge in [0.2, 0.25) is 0 Å². The summed E-state index contributed by atoms with van der Waals surface area (Å²) in [5, 5.41) is 14.1. The van der Waals surface area contributed by atoms with Gasteiger partial charge in [-0.15, -0.1) is 21.5 Å². The molecule has 1 fully saturated rings. The second-order valence-electron chi connectivity index (χ2n) is 6.75. The number of hydrogen-bond acceptors (Lipinski definition) is 7. The fourth-order valence-electron chi connectivity index (χ4n) is 3.61. The zero-order chi connectivity index (χ0) is 17.3. The van der Waals surface area contributed by atoms with E-state index in [9.17, 15) is 0 Å². The van der Waals surface area contributed by atoms with Crippen LogP contribution in [0.5, 0.6) is 0 Å². The molecule has 26 heavy (non-hydrogen) atoms. The first kappa shape index (κ1) is 15.7. The van der Waals surface area contributed by atoms with Crippen molar-refractivity contribution in [3.05, 3.63) is 41.2 Å². The standard InChI is InChI=1S/C18H21N7S/c1-2-5-15-14(4-1)20-18(26-15)24-12-10-23(11-13-24)16-6-7-17(22-21-16)25-9-3-8-19-25/h3,6-9H,1-2,4-5,10-13H2. The molecule has 7 nitrogen and oxygen atoms in total. The van der Waals surface area contributed by atoms with Gasteiger partial charge in [0, 0.05) is 43.4 Å². The summed E-state index contributed by atoms with van der Waals surface area (Å²) in [5.41, 5.74) is 1.35. The van der Waals surface area contributed by atoms with Gasteiger partial charge in [-0.1, -0.05) is 0 Å².